The second kappa shape index (κ2) is 6.05. The van der Waals surface area contributed by atoms with Crippen LogP contribution in [-0.4, -0.2) is 36.6 Å². The van der Waals surface area contributed by atoms with Crippen molar-refractivity contribution in [3.05, 3.63) is 0 Å². The Hall–Kier alpha value is -0.820. The fourth-order valence-electron chi connectivity index (χ4n) is 1.56. The van der Waals surface area contributed by atoms with E-state index in [1.807, 2.05) is 0 Å². The molecule has 0 aromatic rings. The van der Waals surface area contributed by atoms with Crippen LogP contribution >= 0.6 is 0 Å². The third-order valence-corrected chi connectivity index (χ3v) is 2.35. The van der Waals surface area contributed by atoms with Crippen LogP contribution in [0.5, 0.6) is 0 Å². The largest absolute Gasteiger partial charge is 0.522 e. The third kappa shape index (κ3) is 5.32. The molecular weight excluding hydrogens is 227 g/mol. The number of hydrogen-bond acceptors (Lipinski definition) is 4. The van der Waals surface area contributed by atoms with Gasteiger partial charge in [0.2, 0.25) is 0 Å². The van der Waals surface area contributed by atoms with Gasteiger partial charge in [0.05, 0.1) is 25.0 Å². The number of rotatable bonds is 4. The molecule has 1 saturated carbocycles. The van der Waals surface area contributed by atoms with Crippen LogP contribution in [0, 0.1) is 0 Å². The van der Waals surface area contributed by atoms with Crippen LogP contribution in [0.2, 0.25) is 0 Å². The first kappa shape index (κ1) is 13.2. The number of oxime groups is 1. The molecule has 94 valence electrons. The molecule has 1 aliphatic carbocycles. The molecule has 4 nitrogen and oxygen atoms in total. The predicted octanol–water partition coefficient (Wildman–Crippen LogP) is 2.31. The molecule has 0 aromatic carbocycles. The number of ether oxygens (including phenoxy) is 2. The summed E-state index contributed by atoms with van der Waals surface area (Å²) in [6.45, 7) is -0.559. The van der Waals surface area contributed by atoms with Crippen molar-refractivity contribution >= 4 is 5.71 Å². The van der Waals surface area contributed by atoms with Gasteiger partial charge in [-0.25, -0.2) is 0 Å². The zero-order valence-electron chi connectivity index (χ0n) is 8.66. The summed E-state index contributed by atoms with van der Waals surface area (Å²) in [6, 6.07) is 0. The molecule has 0 radical (unpaired) electrons. The summed E-state index contributed by atoms with van der Waals surface area (Å²) in [5, 5.41) is 11.6. The lowest BCUT2D eigenvalue weighted by Gasteiger charge is -2.22. The monoisotopic (exact) mass is 241 g/mol. The molecule has 1 fully saturated rings. The maximum atomic E-state index is 11.6. The molecule has 7 heteroatoms. The zero-order chi connectivity index (χ0) is 12.0. The maximum absolute atomic E-state index is 11.6. The molecule has 0 aliphatic heterocycles. The third-order valence-electron chi connectivity index (χ3n) is 2.35. The molecular formula is C9H14F3NO3. The Balaban J connectivity index is 2.07. The number of halogens is 3. The highest BCUT2D eigenvalue weighted by atomic mass is 19.4. The number of nitrogens with zero attached hydrogens (tertiary/aromatic N) is 1. The highest BCUT2D eigenvalue weighted by molar-refractivity contribution is 5.84. The molecule has 0 unspecified atom stereocenters. The van der Waals surface area contributed by atoms with Gasteiger partial charge in [0.15, 0.2) is 0 Å². The predicted molar refractivity (Wildman–Crippen MR) is 49.4 cm³/mol. The lowest BCUT2D eigenvalue weighted by atomic mass is 9.96. The Morgan fingerprint density at radius 1 is 1.25 bits per heavy atom. The molecule has 0 heterocycles. The molecule has 1 rings (SSSR count). The highest BCUT2D eigenvalue weighted by Crippen LogP contribution is 2.19. The molecule has 0 atom stereocenters. The molecule has 0 spiro atoms. The van der Waals surface area contributed by atoms with Gasteiger partial charge in [0.1, 0.15) is 0 Å². The first-order chi connectivity index (χ1) is 7.51. The van der Waals surface area contributed by atoms with Crippen LogP contribution < -0.4 is 0 Å². The molecule has 0 aromatic heterocycles. The summed E-state index contributed by atoms with van der Waals surface area (Å²) >= 11 is 0. The minimum absolute atomic E-state index is 0.0673. The van der Waals surface area contributed by atoms with Gasteiger partial charge in [-0.2, -0.15) is 0 Å². The first-order valence-corrected chi connectivity index (χ1v) is 5.03. The molecule has 1 aliphatic rings. The fraction of sp³-hybridized carbons (Fsp3) is 0.889. The van der Waals surface area contributed by atoms with Crippen LogP contribution in [0.4, 0.5) is 13.2 Å². The maximum Gasteiger partial charge on any atom is 0.522 e. The second-order valence-corrected chi connectivity index (χ2v) is 3.53. The smallest absolute Gasteiger partial charge is 0.411 e. The van der Waals surface area contributed by atoms with Crippen LogP contribution in [0.1, 0.15) is 25.7 Å². The molecule has 0 saturated heterocycles. The van der Waals surface area contributed by atoms with Gasteiger partial charge in [-0.1, -0.05) is 5.16 Å². The lowest BCUT2D eigenvalue weighted by Crippen LogP contribution is -2.24. The summed E-state index contributed by atoms with van der Waals surface area (Å²) in [5.41, 5.74) is 0.714. The quantitative estimate of drug-likeness (QED) is 0.467. The average Bonchev–Trinajstić information content (AvgIpc) is 2.24. The van der Waals surface area contributed by atoms with Crippen LogP contribution in [-0.2, 0) is 9.47 Å². The minimum Gasteiger partial charge on any atom is -0.411 e. The van der Waals surface area contributed by atoms with Gasteiger partial charge >= 0.3 is 6.36 Å². The van der Waals surface area contributed by atoms with Crippen molar-refractivity contribution in [3.63, 3.8) is 0 Å². The summed E-state index contributed by atoms with van der Waals surface area (Å²) in [7, 11) is 0. The van der Waals surface area contributed by atoms with E-state index in [0.717, 1.165) is 0 Å². The zero-order valence-corrected chi connectivity index (χ0v) is 8.66. The van der Waals surface area contributed by atoms with E-state index < -0.39 is 13.0 Å². The van der Waals surface area contributed by atoms with Gasteiger partial charge in [-0.3, -0.25) is 4.74 Å². The average molecular weight is 241 g/mol. The van der Waals surface area contributed by atoms with Crippen molar-refractivity contribution in [2.75, 3.05) is 13.2 Å². The lowest BCUT2D eigenvalue weighted by molar-refractivity contribution is -0.327. The van der Waals surface area contributed by atoms with Gasteiger partial charge in [0.25, 0.3) is 0 Å². The van der Waals surface area contributed by atoms with E-state index in [0.29, 0.717) is 31.4 Å². The Labute approximate surface area is 91.0 Å². The SMILES string of the molecule is ON=C1CCC(OCCOC(F)(F)F)CC1. The molecule has 16 heavy (non-hydrogen) atoms. The van der Waals surface area contributed by atoms with Gasteiger partial charge in [-0.05, 0) is 25.7 Å². The van der Waals surface area contributed by atoms with Crippen molar-refractivity contribution in [1.82, 2.24) is 0 Å². The summed E-state index contributed by atoms with van der Waals surface area (Å²) < 4.78 is 43.6. The summed E-state index contributed by atoms with van der Waals surface area (Å²) in [4.78, 5) is 0. The Bertz CT molecular complexity index is 233. The van der Waals surface area contributed by atoms with E-state index in [4.69, 9.17) is 9.94 Å². The highest BCUT2D eigenvalue weighted by Gasteiger charge is 2.28. The Morgan fingerprint density at radius 3 is 2.38 bits per heavy atom. The van der Waals surface area contributed by atoms with E-state index in [-0.39, 0.29) is 12.7 Å². The number of hydrogen-bond donors (Lipinski definition) is 1. The minimum atomic E-state index is -4.59. The van der Waals surface area contributed by atoms with Crippen molar-refractivity contribution in [3.8, 4) is 0 Å². The molecule has 0 amide bonds. The van der Waals surface area contributed by atoms with Gasteiger partial charge < -0.3 is 9.94 Å². The van der Waals surface area contributed by atoms with Crippen LogP contribution in [0.25, 0.3) is 0 Å². The Morgan fingerprint density at radius 2 is 1.88 bits per heavy atom. The van der Waals surface area contributed by atoms with E-state index in [1.165, 1.54) is 0 Å². The molecule has 1 N–H and O–H groups in total. The van der Waals surface area contributed by atoms with E-state index in [1.54, 1.807) is 0 Å². The normalized spacial score (nSPS) is 22.2. The standard InChI is InChI=1S/C9H14F3NO3/c10-9(11,12)16-6-5-15-8-3-1-7(13-14)2-4-8/h8,14H,1-6H2. The first-order valence-electron chi connectivity index (χ1n) is 5.03. The second-order valence-electron chi connectivity index (χ2n) is 3.53. The van der Waals surface area contributed by atoms with Crippen molar-refractivity contribution in [2.24, 2.45) is 5.16 Å². The summed E-state index contributed by atoms with van der Waals surface area (Å²) in [6.07, 6.45) is -2.06. The number of alkyl halides is 3. The summed E-state index contributed by atoms with van der Waals surface area (Å²) in [5.74, 6) is 0. The van der Waals surface area contributed by atoms with Crippen LogP contribution in [0.3, 0.4) is 0 Å². The van der Waals surface area contributed by atoms with Crippen molar-refractivity contribution in [1.29, 1.82) is 0 Å². The molecule has 0 bridgehead atoms. The van der Waals surface area contributed by atoms with Crippen molar-refractivity contribution < 1.29 is 27.9 Å². The van der Waals surface area contributed by atoms with Crippen LogP contribution in [0.15, 0.2) is 5.16 Å². The topological polar surface area (TPSA) is 51.1 Å². The van der Waals surface area contributed by atoms with Crippen molar-refractivity contribution in [2.45, 2.75) is 38.1 Å². The van der Waals surface area contributed by atoms with Gasteiger partial charge in [0, 0.05) is 0 Å². The van der Waals surface area contributed by atoms with E-state index in [2.05, 4.69) is 9.89 Å². The van der Waals surface area contributed by atoms with E-state index >= 15 is 0 Å². The fourth-order valence-corrected chi connectivity index (χ4v) is 1.56. The van der Waals surface area contributed by atoms with E-state index in [9.17, 15) is 13.2 Å². The van der Waals surface area contributed by atoms with Gasteiger partial charge in [-0.15, -0.1) is 13.2 Å². The Kier molecular flexibility index (Phi) is 5.01.